The van der Waals surface area contributed by atoms with Crippen molar-refractivity contribution in [2.24, 2.45) is 0 Å². The molecule has 0 amide bonds. The molecule has 1 unspecified atom stereocenters. The maximum absolute atomic E-state index is 5.59. The van der Waals surface area contributed by atoms with Crippen LogP contribution in [0, 0.1) is 0 Å². The maximum Gasteiger partial charge on any atom is 0.391 e. The van der Waals surface area contributed by atoms with Crippen molar-refractivity contribution in [3.63, 3.8) is 0 Å². The van der Waals surface area contributed by atoms with Gasteiger partial charge >= 0.3 is 9.28 Å². The summed E-state index contributed by atoms with van der Waals surface area (Å²) in [6.07, 6.45) is 0. The summed E-state index contributed by atoms with van der Waals surface area (Å²) in [6, 6.07) is 19.9. The van der Waals surface area contributed by atoms with E-state index in [0.717, 1.165) is 0 Å². The van der Waals surface area contributed by atoms with Gasteiger partial charge in [-0.1, -0.05) is 61.5 Å². The van der Waals surface area contributed by atoms with Gasteiger partial charge in [-0.05, 0) is 37.9 Å². The summed E-state index contributed by atoms with van der Waals surface area (Å²) in [4.78, 5) is 0. The summed E-state index contributed by atoms with van der Waals surface area (Å²) in [5.41, 5.74) is 1.58. The molecule has 3 heteroatoms. The Morgan fingerprint density at radius 2 is 1.30 bits per heavy atom. The Morgan fingerprint density at radius 1 is 0.739 bits per heavy atom. The highest BCUT2D eigenvalue weighted by Gasteiger charge is 2.25. The van der Waals surface area contributed by atoms with Crippen LogP contribution in [-0.2, 0) is 8.85 Å². The zero-order valence-electron chi connectivity index (χ0n) is 13.6. The van der Waals surface area contributed by atoms with Crippen LogP contribution in [0.3, 0.4) is 0 Å². The van der Waals surface area contributed by atoms with Crippen LogP contribution in [0.2, 0.25) is 0 Å². The third-order valence-electron chi connectivity index (χ3n) is 4.78. The standard InChI is InChI=1S/C20H19O2Si/c1-13(23(21-2)22-3)17-11-9-16-8-7-14-5-4-6-15-10-12-18(17)20(16)19(14)15/h4-13H,1-3H3. The van der Waals surface area contributed by atoms with Gasteiger partial charge in [0.1, 0.15) is 0 Å². The molecule has 1 radical (unpaired) electrons. The molecule has 1 atom stereocenters. The largest absolute Gasteiger partial charge is 0.396 e. The Morgan fingerprint density at radius 3 is 1.96 bits per heavy atom. The van der Waals surface area contributed by atoms with Crippen LogP contribution >= 0.6 is 0 Å². The van der Waals surface area contributed by atoms with Crippen LogP contribution < -0.4 is 0 Å². The molecule has 2 nitrogen and oxygen atoms in total. The fourth-order valence-electron chi connectivity index (χ4n) is 3.70. The third kappa shape index (κ3) is 2.16. The van der Waals surface area contributed by atoms with Crippen molar-refractivity contribution in [2.45, 2.75) is 12.5 Å². The van der Waals surface area contributed by atoms with Gasteiger partial charge in [0.05, 0.1) is 0 Å². The lowest BCUT2D eigenvalue weighted by Crippen LogP contribution is -2.27. The second-order valence-electron chi connectivity index (χ2n) is 5.96. The van der Waals surface area contributed by atoms with E-state index in [2.05, 4.69) is 61.5 Å². The average Bonchev–Trinajstić information content (AvgIpc) is 2.60. The molecule has 23 heavy (non-hydrogen) atoms. The summed E-state index contributed by atoms with van der Waals surface area (Å²) >= 11 is 0. The second kappa shape index (κ2) is 5.60. The molecule has 0 saturated carbocycles. The lowest BCUT2D eigenvalue weighted by atomic mass is 9.91. The molecule has 0 N–H and O–H groups in total. The summed E-state index contributed by atoms with van der Waals surface area (Å²) < 4.78 is 11.2. The van der Waals surface area contributed by atoms with Crippen LogP contribution in [-0.4, -0.2) is 23.5 Å². The Labute approximate surface area is 137 Å². The fourth-order valence-corrected chi connectivity index (χ4v) is 5.08. The molecule has 4 aromatic carbocycles. The van der Waals surface area contributed by atoms with Crippen molar-refractivity contribution in [1.82, 2.24) is 0 Å². The first kappa shape index (κ1) is 14.6. The van der Waals surface area contributed by atoms with Crippen molar-refractivity contribution in [3.05, 3.63) is 60.2 Å². The van der Waals surface area contributed by atoms with Crippen LogP contribution in [0.4, 0.5) is 0 Å². The molecule has 0 aromatic heterocycles. The van der Waals surface area contributed by atoms with E-state index in [1.54, 1.807) is 14.2 Å². The quantitative estimate of drug-likeness (QED) is 0.389. The van der Waals surface area contributed by atoms with Crippen LogP contribution in [0.1, 0.15) is 18.0 Å². The van der Waals surface area contributed by atoms with Gasteiger partial charge in [-0.25, -0.2) is 0 Å². The van der Waals surface area contributed by atoms with E-state index in [4.69, 9.17) is 8.85 Å². The van der Waals surface area contributed by atoms with E-state index in [1.165, 1.54) is 37.9 Å². The number of benzene rings is 4. The van der Waals surface area contributed by atoms with Gasteiger partial charge in [0.15, 0.2) is 0 Å². The molecular formula is C20H19O2Si. The molecule has 0 fully saturated rings. The molecule has 0 aliphatic rings. The second-order valence-corrected chi connectivity index (χ2v) is 8.28. The normalized spacial score (nSPS) is 13.6. The summed E-state index contributed by atoms with van der Waals surface area (Å²) in [5.74, 6) is 0. The van der Waals surface area contributed by atoms with E-state index in [0.29, 0.717) is 0 Å². The minimum Gasteiger partial charge on any atom is -0.396 e. The first-order chi connectivity index (χ1) is 11.2. The summed E-state index contributed by atoms with van der Waals surface area (Å²) in [6.45, 7) is 2.20. The van der Waals surface area contributed by atoms with E-state index in [-0.39, 0.29) is 5.54 Å². The van der Waals surface area contributed by atoms with Gasteiger partial charge in [0.25, 0.3) is 0 Å². The molecule has 4 rings (SSSR count). The molecule has 115 valence electrons. The first-order valence-electron chi connectivity index (χ1n) is 7.86. The Bertz CT molecular complexity index is 959. The minimum absolute atomic E-state index is 0.263. The average molecular weight is 319 g/mol. The van der Waals surface area contributed by atoms with Crippen molar-refractivity contribution in [2.75, 3.05) is 14.2 Å². The van der Waals surface area contributed by atoms with E-state index in [1.807, 2.05) is 0 Å². The topological polar surface area (TPSA) is 18.5 Å². The fraction of sp³-hybridized carbons (Fsp3) is 0.200. The zero-order valence-corrected chi connectivity index (χ0v) is 14.6. The van der Waals surface area contributed by atoms with Crippen LogP contribution in [0.15, 0.2) is 54.6 Å². The molecule has 4 aromatic rings. The van der Waals surface area contributed by atoms with Gasteiger partial charge < -0.3 is 8.85 Å². The molecule has 0 aliphatic carbocycles. The Kier molecular flexibility index (Phi) is 3.57. The van der Waals surface area contributed by atoms with Gasteiger partial charge in [-0.2, -0.15) is 0 Å². The maximum atomic E-state index is 5.59. The molecule has 0 aliphatic heterocycles. The zero-order chi connectivity index (χ0) is 16.0. The Balaban J connectivity index is 2.07. The lowest BCUT2D eigenvalue weighted by molar-refractivity contribution is 0.269. The highest BCUT2D eigenvalue weighted by Crippen LogP contribution is 2.38. The van der Waals surface area contributed by atoms with Gasteiger partial charge in [-0.3, -0.25) is 0 Å². The van der Waals surface area contributed by atoms with E-state index < -0.39 is 9.28 Å². The summed E-state index contributed by atoms with van der Waals surface area (Å²) in [5, 5.41) is 7.93. The minimum atomic E-state index is -1.32. The molecule has 0 bridgehead atoms. The van der Waals surface area contributed by atoms with Crippen LogP contribution in [0.5, 0.6) is 0 Å². The van der Waals surface area contributed by atoms with Crippen molar-refractivity contribution >= 4 is 41.6 Å². The highest BCUT2D eigenvalue weighted by molar-refractivity contribution is 6.46. The smallest absolute Gasteiger partial charge is 0.391 e. The Hall–Kier alpha value is -1.94. The van der Waals surface area contributed by atoms with E-state index in [9.17, 15) is 0 Å². The van der Waals surface area contributed by atoms with Crippen molar-refractivity contribution in [3.8, 4) is 0 Å². The first-order valence-corrected chi connectivity index (χ1v) is 9.25. The summed E-state index contributed by atoms with van der Waals surface area (Å²) in [7, 11) is 2.16. The lowest BCUT2D eigenvalue weighted by Gasteiger charge is -2.21. The van der Waals surface area contributed by atoms with E-state index >= 15 is 0 Å². The number of rotatable bonds is 4. The molecular weight excluding hydrogens is 300 g/mol. The third-order valence-corrected chi connectivity index (χ3v) is 6.61. The SMILES string of the molecule is CO[Si](OC)C(C)c1ccc2ccc3cccc4ccc1c2c34. The van der Waals surface area contributed by atoms with Crippen molar-refractivity contribution in [1.29, 1.82) is 0 Å². The van der Waals surface area contributed by atoms with Gasteiger partial charge in [0.2, 0.25) is 0 Å². The highest BCUT2D eigenvalue weighted by atomic mass is 28.3. The predicted molar refractivity (Wildman–Crippen MR) is 98.3 cm³/mol. The monoisotopic (exact) mass is 319 g/mol. The van der Waals surface area contributed by atoms with Crippen LogP contribution in [0.25, 0.3) is 32.3 Å². The number of hydrogen-bond acceptors (Lipinski definition) is 2. The number of hydrogen-bond donors (Lipinski definition) is 0. The molecule has 0 spiro atoms. The molecule has 0 heterocycles. The predicted octanol–water partition coefficient (Wildman–Crippen LogP) is 5.01. The van der Waals surface area contributed by atoms with Crippen molar-refractivity contribution < 1.29 is 8.85 Å². The molecule has 0 saturated heterocycles. The van der Waals surface area contributed by atoms with Gasteiger partial charge in [0, 0.05) is 19.8 Å². The van der Waals surface area contributed by atoms with Gasteiger partial charge in [-0.15, -0.1) is 0 Å².